The van der Waals surface area contributed by atoms with Gasteiger partial charge in [0.1, 0.15) is 10.7 Å². The lowest BCUT2D eigenvalue weighted by atomic mass is 10.1. The zero-order valence-corrected chi connectivity index (χ0v) is 11.7. The molecule has 0 amide bonds. The van der Waals surface area contributed by atoms with Gasteiger partial charge in [-0.2, -0.15) is 5.10 Å². The Morgan fingerprint density at radius 1 is 1.22 bits per heavy atom. The van der Waals surface area contributed by atoms with E-state index in [4.69, 9.17) is 18.0 Å². The van der Waals surface area contributed by atoms with Crippen molar-refractivity contribution in [1.29, 1.82) is 0 Å². The summed E-state index contributed by atoms with van der Waals surface area (Å²) in [6, 6.07) is 9.96. The van der Waals surface area contributed by atoms with Gasteiger partial charge in [0.25, 0.3) is 0 Å². The highest BCUT2D eigenvalue weighted by Gasteiger charge is 2.19. The Balaban J connectivity index is 2.60. The van der Waals surface area contributed by atoms with Gasteiger partial charge in [-0.3, -0.25) is 4.68 Å². The molecule has 94 valence electrons. The van der Waals surface area contributed by atoms with Gasteiger partial charge in [0.15, 0.2) is 0 Å². The van der Waals surface area contributed by atoms with E-state index in [9.17, 15) is 0 Å². The van der Waals surface area contributed by atoms with Gasteiger partial charge in [0.2, 0.25) is 0 Å². The Morgan fingerprint density at radius 3 is 2.33 bits per heavy atom. The standard InChI is InChI=1S/C14H17N3S/c1-14(2,3)17-9-11(13(15)18)12(16-17)10-7-5-4-6-8-10/h4-9H,1-3H3,(H2,15,18). The minimum absolute atomic E-state index is 0.0907. The molecule has 0 aliphatic heterocycles. The minimum atomic E-state index is -0.0907. The van der Waals surface area contributed by atoms with Crippen molar-refractivity contribution in [2.45, 2.75) is 26.3 Å². The zero-order chi connectivity index (χ0) is 13.3. The highest BCUT2D eigenvalue weighted by molar-refractivity contribution is 7.80. The monoisotopic (exact) mass is 259 g/mol. The molecule has 0 atom stereocenters. The van der Waals surface area contributed by atoms with Crippen molar-refractivity contribution in [2.24, 2.45) is 5.73 Å². The Bertz CT molecular complexity index is 564. The van der Waals surface area contributed by atoms with Crippen LogP contribution in [0.2, 0.25) is 0 Å². The summed E-state index contributed by atoms with van der Waals surface area (Å²) in [6.07, 6.45) is 1.92. The van der Waals surface area contributed by atoms with Gasteiger partial charge < -0.3 is 5.73 Å². The third-order valence-corrected chi connectivity index (χ3v) is 2.93. The lowest BCUT2D eigenvalue weighted by molar-refractivity contribution is 0.356. The molecule has 0 radical (unpaired) electrons. The van der Waals surface area contributed by atoms with Crippen LogP contribution >= 0.6 is 12.2 Å². The molecule has 0 unspecified atom stereocenters. The molecule has 0 spiro atoms. The fraction of sp³-hybridized carbons (Fsp3) is 0.286. The lowest BCUT2D eigenvalue weighted by Crippen LogP contribution is -2.22. The molecular formula is C14H17N3S. The first-order chi connectivity index (χ1) is 8.39. The second kappa shape index (κ2) is 4.53. The van der Waals surface area contributed by atoms with Crippen LogP contribution in [-0.4, -0.2) is 14.8 Å². The second-order valence-electron chi connectivity index (χ2n) is 5.24. The van der Waals surface area contributed by atoms with E-state index in [1.54, 1.807) is 0 Å². The second-order valence-corrected chi connectivity index (χ2v) is 5.68. The molecule has 18 heavy (non-hydrogen) atoms. The molecular weight excluding hydrogens is 242 g/mol. The maximum atomic E-state index is 5.79. The van der Waals surface area contributed by atoms with Crippen LogP contribution in [0.5, 0.6) is 0 Å². The van der Waals surface area contributed by atoms with Crippen LogP contribution in [0.15, 0.2) is 36.5 Å². The van der Waals surface area contributed by atoms with E-state index < -0.39 is 0 Å². The quantitative estimate of drug-likeness (QED) is 0.843. The summed E-state index contributed by atoms with van der Waals surface area (Å²) in [5.41, 5.74) is 8.40. The number of nitrogens with two attached hydrogens (primary N) is 1. The molecule has 4 heteroatoms. The third kappa shape index (κ3) is 2.43. The van der Waals surface area contributed by atoms with Gasteiger partial charge in [0.05, 0.1) is 11.1 Å². The van der Waals surface area contributed by atoms with Crippen LogP contribution in [0.25, 0.3) is 11.3 Å². The molecule has 0 bridgehead atoms. The van der Waals surface area contributed by atoms with Crippen LogP contribution in [0.4, 0.5) is 0 Å². The highest BCUT2D eigenvalue weighted by atomic mass is 32.1. The van der Waals surface area contributed by atoms with Crippen molar-refractivity contribution in [3.8, 4) is 11.3 Å². The fourth-order valence-electron chi connectivity index (χ4n) is 1.71. The molecule has 0 fully saturated rings. The molecule has 0 aliphatic rings. The molecule has 2 N–H and O–H groups in total. The first-order valence-electron chi connectivity index (χ1n) is 5.85. The first kappa shape index (κ1) is 12.8. The normalized spacial score (nSPS) is 11.5. The van der Waals surface area contributed by atoms with Crippen LogP contribution in [0, 0.1) is 0 Å². The number of benzene rings is 1. The van der Waals surface area contributed by atoms with E-state index in [0.29, 0.717) is 4.99 Å². The average Bonchev–Trinajstić information content (AvgIpc) is 2.74. The smallest absolute Gasteiger partial charge is 0.107 e. The lowest BCUT2D eigenvalue weighted by Gasteiger charge is -2.18. The summed E-state index contributed by atoms with van der Waals surface area (Å²) >= 11 is 5.11. The van der Waals surface area contributed by atoms with E-state index in [1.807, 2.05) is 41.2 Å². The van der Waals surface area contributed by atoms with Gasteiger partial charge >= 0.3 is 0 Å². The minimum Gasteiger partial charge on any atom is -0.389 e. The summed E-state index contributed by atoms with van der Waals surface area (Å²) in [5, 5.41) is 4.62. The molecule has 1 aromatic carbocycles. The predicted octanol–water partition coefficient (Wildman–Crippen LogP) is 2.94. The van der Waals surface area contributed by atoms with E-state index in [0.717, 1.165) is 16.8 Å². The van der Waals surface area contributed by atoms with E-state index in [2.05, 4.69) is 25.9 Å². The fourth-order valence-corrected chi connectivity index (χ4v) is 1.86. The Hall–Kier alpha value is -1.68. The van der Waals surface area contributed by atoms with E-state index in [-0.39, 0.29) is 5.54 Å². The predicted molar refractivity (Wildman–Crippen MR) is 78.5 cm³/mol. The van der Waals surface area contributed by atoms with Crippen molar-refractivity contribution in [1.82, 2.24) is 9.78 Å². The number of nitrogens with zero attached hydrogens (tertiary/aromatic N) is 2. The number of hydrogen-bond acceptors (Lipinski definition) is 2. The molecule has 0 saturated carbocycles. The highest BCUT2D eigenvalue weighted by Crippen LogP contribution is 2.24. The average molecular weight is 259 g/mol. The maximum Gasteiger partial charge on any atom is 0.107 e. The van der Waals surface area contributed by atoms with Crippen molar-refractivity contribution in [3.63, 3.8) is 0 Å². The number of thiocarbonyl (C=S) groups is 1. The Labute approximate surface area is 113 Å². The Kier molecular flexibility index (Phi) is 3.22. The van der Waals surface area contributed by atoms with Gasteiger partial charge in [-0.05, 0) is 20.8 Å². The van der Waals surface area contributed by atoms with Crippen LogP contribution in [-0.2, 0) is 5.54 Å². The summed E-state index contributed by atoms with van der Waals surface area (Å²) in [6.45, 7) is 6.29. The topological polar surface area (TPSA) is 43.8 Å². The number of aromatic nitrogens is 2. The van der Waals surface area contributed by atoms with Gasteiger partial charge in [-0.15, -0.1) is 0 Å². The van der Waals surface area contributed by atoms with Crippen molar-refractivity contribution in [3.05, 3.63) is 42.1 Å². The summed E-state index contributed by atoms with van der Waals surface area (Å²) in [7, 11) is 0. The summed E-state index contributed by atoms with van der Waals surface area (Å²) < 4.78 is 1.91. The van der Waals surface area contributed by atoms with Crippen molar-refractivity contribution < 1.29 is 0 Å². The maximum absolute atomic E-state index is 5.79. The largest absolute Gasteiger partial charge is 0.389 e. The van der Waals surface area contributed by atoms with Gasteiger partial charge in [-0.1, -0.05) is 42.5 Å². The number of rotatable bonds is 2. The van der Waals surface area contributed by atoms with Gasteiger partial charge in [-0.25, -0.2) is 0 Å². The van der Waals surface area contributed by atoms with E-state index >= 15 is 0 Å². The number of hydrogen-bond donors (Lipinski definition) is 1. The summed E-state index contributed by atoms with van der Waals surface area (Å²) in [5.74, 6) is 0. The molecule has 2 rings (SSSR count). The third-order valence-electron chi connectivity index (χ3n) is 2.71. The van der Waals surface area contributed by atoms with Crippen LogP contribution in [0.3, 0.4) is 0 Å². The molecule has 1 aromatic heterocycles. The molecule has 0 saturated heterocycles. The summed E-state index contributed by atoms with van der Waals surface area (Å²) in [4.78, 5) is 0.379. The zero-order valence-electron chi connectivity index (χ0n) is 10.8. The van der Waals surface area contributed by atoms with Crippen molar-refractivity contribution >= 4 is 17.2 Å². The molecule has 1 heterocycles. The Morgan fingerprint density at radius 2 is 1.83 bits per heavy atom. The SMILES string of the molecule is CC(C)(C)n1cc(C(N)=S)c(-c2ccccc2)n1. The molecule has 3 nitrogen and oxygen atoms in total. The van der Waals surface area contributed by atoms with Crippen molar-refractivity contribution in [2.75, 3.05) is 0 Å². The van der Waals surface area contributed by atoms with Gasteiger partial charge in [0, 0.05) is 11.8 Å². The first-order valence-corrected chi connectivity index (χ1v) is 6.26. The molecule has 2 aromatic rings. The van der Waals surface area contributed by atoms with Crippen LogP contribution < -0.4 is 5.73 Å². The van der Waals surface area contributed by atoms with E-state index in [1.165, 1.54) is 0 Å². The molecule has 0 aliphatic carbocycles. The van der Waals surface area contributed by atoms with Crippen LogP contribution in [0.1, 0.15) is 26.3 Å².